The van der Waals surface area contributed by atoms with Gasteiger partial charge in [-0.15, -0.1) is 0 Å². The van der Waals surface area contributed by atoms with E-state index >= 15 is 0 Å². The highest BCUT2D eigenvalue weighted by molar-refractivity contribution is 6.22. The van der Waals surface area contributed by atoms with Crippen molar-refractivity contribution in [2.24, 2.45) is 4.99 Å². The second-order valence-corrected chi connectivity index (χ2v) is 6.02. The summed E-state index contributed by atoms with van der Waals surface area (Å²) in [7, 11) is 0. The zero-order valence-electron chi connectivity index (χ0n) is 15.3. The summed E-state index contributed by atoms with van der Waals surface area (Å²) in [5, 5.41) is 10.4. The number of ether oxygens (including phenoxy) is 2. The first-order valence-electron chi connectivity index (χ1n) is 8.73. The van der Waals surface area contributed by atoms with Gasteiger partial charge in [0.1, 0.15) is 23.6 Å². The van der Waals surface area contributed by atoms with E-state index < -0.39 is 5.97 Å². The lowest BCUT2D eigenvalue weighted by atomic mass is 10.1. The third-order valence-corrected chi connectivity index (χ3v) is 4.02. The Morgan fingerprint density at radius 1 is 1.15 bits per heavy atom. The van der Waals surface area contributed by atoms with Gasteiger partial charge in [-0.25, -0.2) is 9.79 Å². The number of aliphatic hydroxyl groups excluding tert-OH is 1. The minimum absolute atomic E-state index is 0.111. The van der Waals surface area contributed by atoms with Crippen LogP contribution in [0, 0.1) is 0 Å². The highest BCUT2D eigenvalue weighted by atomic mass is 16.5. The number of nitrogens with zero attached hydrogens (tertiary/aromatic N) is 1. The molecule has 5 nitrogen and oxygen atoms in total. The molecule has 0 atom stereocenters. The van der Waals surface area contributed by atoms with Crippen molar-refractivity contribution in [1.29, 1.82) is 0 Å². The second-order valence-electron chi connectivity index (χ2n) is 6.02. The number of hydrogen-bond acceptors (Lipinski definition) is 5. The molecule has 0 aromatic heterocycles. The molecule has 1 aliphatic heterocycles. The lowest BCUT2D eigenvalue weighted by Crippen LogP contribution is -2.13. The highest BCUT2D eigenvalue weighted by Crippen LogP contribution is 2.27. The van der Waals surface area contributed by atoms with E-state index in [9.17, 15) is 9.90 Å². The molecule has 0 radical (unpaired) electrons. The number of hydrogen-bond donors (Lipinski definition) is 1. The first kappa shape index (κ1) is 18.5. The number of rotatable bonds is 6. The van der Waals surface area contributed by atoms with Crippen LogP contribution in [-0.2, 0) is 16.1 Å². The van der Waals surface area contributed by atoms with Crippen LogP contribution in [0.15, 0.2) is 76.6 Å². The van der Waals surface area contributed by atoms with Crippen LogP contribution in [0.3, 0.4) is 0 Å². The van der Waals surface area contributed by atoms with Gasteiger partial charge in [-0.05, 0) is 43.2 Å². The Bertz CT molecular complexity index is 926. The van der Waals surface area contributed by atoms with Crippen LogP contribution < -0.4 is 4.74 Å². The summed E-state index contributed by atoms with van der Waals surface area (Å²) < 4.78 is 10.8. The molecule has 27 heavy (non-hydrogen) atoms. The monoisotopic (exact) mass is 363 g/mol. The summed E-state index contributed by atoms with van der Waals surface area (Å²) in [6.07, 6.45) is 1.71. The first-order valence-corrected chi connectivity index (χ1v) is 8.73. The quantitative estimate of drug-likeness (QED) is 0.770. The molecular formula is C22H21NO4. The van der Waals surface area contributed by atoms with Gasteiger partial charge in [0, 0.05) is 0 Å². The molecule has 5 heteroatoms. The Morgan fingerprint density at radius 3 is 2.67 bits per heavy atom. The summed E-state index contributed by atoms with van der Waals surface area (Å²) in [6, 6.07) is 17.4. The van der Waals surface area contributed by atoms with E-state index in [0.29, 0.717) is 23.8 Å². The predicted octanol–water partition coefficient (Wildman–Crippen LogP) is 4.46. The van der Waals surface area contributed by atoms with Crippen molar-refractivity contribution in [3.8, 4) is 5.75 Å². The van der Waals surface area contributed by atoms with Gasteiger partial charge in [-0.2, -0.15) is 0 Å². The molecule has 3 rings (SSSR count). The molecule has 1 N–H and O–H groups in total. The second kappa shape index (κ2) is 8.36. The van der Waals surface area contributed by atoms with Gasteiger partial charge in [0.05, 0.1) is 12.3 Å². The fourth-order valence-electron chi connectivity index (χ4n) is 2.73. The van der Waals surface area contributed by atoms with Gasteiger partial charge in [0.25, 0.3) is 0 Å². The van der Waals surface area contributed by atoms with E-state index in [2.05, 4.69) is 4.99 Å². The van der Waals surface area contributed by atoms with E-state index in [1.54, 1.807) is 19.9 Å². The van der Waals surface area contributed by atoms with Gasteiger partial charge >= 0.3 is 5.97 Å². The fourth-order valence-corrected chi connectivity index (χ4v) is 2.73. The normalized spacial score (nSPS) is 15.0. The summed E-state index contributed by atoms with van der Waals surface area (Å²) in [4.78, 5) is 16.3. The van der Waals surface area contributed by atoms with Crippen LogP contribution in [0.4, 0.5) is 0 Å². The van der Waals surface area contributed by atoms with Crippen molar-refractivity contribution < 1.29 is 19.4 Å². The Balaban J connectivity index is 1.78. The molecule has 0 bridgehead atoms. The van der Waals surface area contributed by atoms with Crippen molar-refractivity contribution in [3.05, 3.63) is 82.8 Å². The van der Waals surface area contributed by atoms with E-state index in [0.717, 1.165) is 11.1 Å². The van der Waals surface area contributed by atoms with Crippen LogP contribution in [0.5, 0.6) is 5.75 Å². The van der Waals surface area contributed by atoms with Crippen molar-refractivity contribution in [3.63, 3.8) is 0 Å². The predicted molar refractivity (Wildman–Crippen MR) is 105 cm³/mol. The maximum absolute atomic E-state index is 12.0. The summed E-state index contributed by atoms with van der Waals surface area (Å²) >= 11 is 0. The van der Waals surface area contributed by atoms with Crippen molar-refractivity contribution >= 4 is 17.8 Å². The maximum Gasteiger partial charge on any atom is 0.343 e. The number of carbonyl (C=O) groups excluding carboxylic acids is 1. The van der Waals surface area contributed by atoms with Crippen molar-refractivity contribution in [2.75, 3.05) is 6.61 Å². The number of aliphatic hydroxyl groups is 1. The molecule has 1 heterocycles. The minimum Gasteiger partial charge on any atom is -0.505 e. The lowest BCUT2D eigenvalue weighted by Gasteiger charge is -2.07. The minimum atomic E-state index is -0.570. The zero-order chi connectivity index (χ0) is 19.2. The van der Waals surface area contributed by atoms with Gasteiger partial charge in [0.15, 0.2) is 5.76 Å². The maximum atomic E-state index is 12.0. The van der Waals surface area contributed by atoms with E-state index in [-0.39, 0.29) is 17.9 Å². The molecule has 1 aliphatic rings. The fraction of sp³-hybridized carbons (Fsp3) is 0.182. The average Bonchev–Trinajstić information content (AvgIpc) is 2.95. The largest absolute Gasteiger partial charge is 0.505 e. The van der Waals surface area contributed by atoms with E-state index in [4.69, 9.17) is 9.47 Å². The molecule has 138 valence electrons. The third-order valence-electron chi connectivity index (χ3n) is 4.02. The first-order chi connectivity index (χ1) is 13.1. The average molecular weight is 363 g/mol. The number of carbonyl (C=O) groups is 1. The smallest absolute Gasteiger partial charge is 0.343 e. The van der Waals surface area contributed by atoms with E-state index in [1.807, 2.05) is 54.6 Å². The Labute approximate surface area is 158 Å². The third kappa shape index (κ3) is 4.44. The molecule has 0 aliphatic carbocycles. The van der Waals surface area contributed by atoms with Crippen molar-refractivity contribution in [1.82, 2.24) is 0 Å². The Morgan fingerprint density at radius 2 is 1.93 bits per heavy atom. The summed E-state index contributed by atoms with van der Waals surface area (Å²) in [5.41, 5.74) is 2.77. The molecule has 0 saturated heterocycles. The standard InChI is InChI=1S/C22H21NO4/c1-3-26-22(25)20-15(2)23-19(21(20)24)13-17-10-7-11-18(12-17)27-14-16-8-5-4-6-9-16/h4-13,24H,3,14H2,1-2H3/b19-13+. The highest BCUT2D eigenvalue weighted by Gasteiger charge is 2.27. The van der Waals surface area contributed by atoms with Gasteiger partial charge in [-0.3, -0.25) is 0 Å². The van der Waals surface area contributed by atoms with E-state index in [1.165, 1.54) is 0 Å². The summed E-state index contributed by atoms with van der Waals surface area (Å²) in [6.45, 7) is 4.09. The number of benzene rings is 2. The molecule has 0 amide bonds. The molecular weight excluding hydrogens is 342 g/mol. The van der Waals surface area contributed by atoms with Crippen molar-refractivity contribution in [2.45, 2.75) is 20.5 Å². The molecule has 0 saturated carbocycles. The molecule has 2 aromatic rings. The Kier molecular flexibility index (Phi) is 5.71. The zero-order valence-corrected chi connectivity index (χ0v) is 15.3. The summed E-state index contributed by atoms with van der Waals surface area (Å²) in [5.74, 6) is -0.0258. The lowest BCUT2D eigenvalue weighted by molar-refractivity contribution is -0.138. The molecule has 0 fully saturated rings. The SMILES string of the molecule is CCOC(=O)C1=C(O)/C(=C\c2cccc(OCc3ccccc3)c2)N=C1C. The molecule has 2 aromatic carbocycles. The van der Waals surface area contributed by atoms with Crippen LogP contribution in [0.2, 0.25) is 0 Å². The van der Waals surface area contributed by atoms with Crippen LogP contribution >= 0.6 is 0 Å². The van der Waals surface area contributed by atoms with Crippen LogP contribution in [0.25, 0.3) is 6.08 Å². The number of aliphatic imine (C=N–C) groups is 1. The number of esters is 1. The van der Waals surface area contributed by atoms with Gasteiger partial charge in [0.2, 0.25) is 0 Å². The van der Waals surface area contributed by atoms with Gasteiger partial charge in [-0.1, -0.05) is 42.5 Å². The van der Waals surface area contributed by atoms with Crippen LogP contribution in [-0.4, -0.2) is 23.4 Å². The van der Waals surface area contributed by atoms with Crippen LogP contribution in [0.1, 0.15) is 25.0 Å². The van der Waals surface area contributed by atoms with Gasteiger partial charge < -0.3 is 14.6 Å². The molecule has 0 spiro atoms. The topological polar surface area (TPSA) is 68.1 Å². The Hall–Kier alpha value is -3.34. The molecule has 0 unspecified atom stereocenters.